The van der Waals surface area contributed by atoms with Crippen molar-refractivity contribution in [1.29, 1.82) is 0 Å². The Morgan fingerprint density at radius 1 is 1.47 bits per heavy atom. The van der Waals surface area contributed by atoms with Crippen LogP contribution in [0.5, 0.6) is 0 Å². The van der Waals surface area contributed by atoms with Gasteiger partial charge < -0.3 is 15.3 Å². The predicted molar refractivity (Wildman–Crippen MR) is 76.4 cm³/mol. The number of benzene rings is 1. The molecule has 1 aromatic carbocycles. The van der Waals surface area contributed by atoms with Gasteiger partial charge in [0.1, 0.15) is 0 Å². The molecule has 0 aliphatic carbocycles. The molecule has 1 saturated heterocycles. The first-order valence-electron chi connectivity index (χ1n) is 6.91. The third-order valence-corrected chi connectivity index (χ3v) is 3.67. The van der Waals surface area contributed by atoms with Gasteiger partial charge >= 0.3 is 6.03 Å². The fraction of sp³-hybridized carbons (Fsp3) is 0.533. The van der Waals surface area contributed by atoms with Crippen LogP contribution in [0.4, 0.5) is 10.5 Å². The van der Waals surface area contributed by atoms with Crippen molar-refractivity contribution in [2.75, 3.05) is 18.5 Å². The molecule has 4 heteroatoms. The molecule has 1 aliphatic rings. The van der Waals surface area contributed by atoms with Crippen LogP contribution in [0, 0.1) is 0 Å². The van der Waals surface area contributed by atoms with E-state index in [0.29, 0.717) is 5.92 Å². The fourth-order valence-corrected chi connectivity index (χ4v) is 2.59. The van der Waals surface area contributed by atoms with Gasteiger partial charge in [-0.3, -0.25) is 0 Å². The number of hydrogen-bond donors (Lipinski definition) is 2. The quantitative estimate of drug-likeness (QED) is 0.880. The molecule has 2 N–H and O–H groups in total. The molecule has 1 atom stereocenters. The van der Waals surface area contributed by atoms with Crippen LogP contribution in [-0.4, -0.2) is 35.2 Å². The Hall–Kier alpha value is -1.55. The Labute approximate surface area is 114 Å². The molecule has 0 bridgehead atoms. The largest absolute Gasteiger partial charge is 0.394 e. The van der Waals surface area contributed by atoms with Crippen molar-refractivity contribution in [2.45, 2.75) is 38.6 Å². The predicted octanol–water partition coefficient (Wildman–Crippen LogP) is 2.80. The van der Waals surface area contributed by atoms with E-state index in [-0.39, 0.29) is 18.7 Å². The lowest BCUT2D eigenvalue weighted by molar-refractivity contribution is 0.166. The average molecular weight is 262 g/mol. The molecule has 19 heavy (non-hydrogen) atoms. The number of nitrogens with zero attached hydrogens (tertiary/aromatic N) is 1. The lowest BCUT2D eigenvalue weighted by Crippen LogP contribution is -2.40. The van der Waals surface area contributed by atoms with Gasteiger partial charge in [-0.2, -0.15) is 0 Å². The molecule has 2 rings (SSSR count). The first-order valence-corrected chi connectivity index (χ1v) is 6.91. The molecule has 104 valence electrons. The van der Waals surface area contributed by atoms with Crippen molar-refractivity contribution >= 4 is 11.7 Å². The minimum atomic E-state index is -0.107. The summed E-state index contributed by atoms with van der Waals surface area (Å²) in [5.41, 5.74) is 2.00. The zero-order chi connectivity index (χ0) is 13.8. The highest BCUT2D eigenvalue weighted by Gasteiger charge is 2.28. The molecular formula is C15H22N2O2. The Morgan fingerprint density at radius 2 is 2.21 bits per heavy atom. The molecule has 1 aromatic rings. The number of amides is 2. The smallest absolute Gasteiger partial charge is 0.322 e. The van der Waals surface area contributed by atoms with Gasteiger partial charge in [0.2, 0.25) is 0 Å². The number of carbonyl (C=O) groups is 1. The zero-order valence-electron chi connectivity index (χ0n) is 11.6. The van der Waals surface area contributed by atoms with Crippen LogP contribution in [-0.2, 0) is 0 Å². The fourth-order valence-electron chi connectivity index (χ4n) is 2.59. The summed E-state index contributed by atoms with van der Waals surface area (Å²) in [6.07, 6.45) is 1.85. The minimum Gasteiger partial charge on any atom is -0.394 e. The van der Waals surface area contributed by atoms with E-state index in [2.05, 4.69) is 19.2 Å². The van der Waals surface area contributed by atoms with Gasteiger partial charge in [-0.25, -0.2) is 4.79 Å². The van der Waals surface area contributed by atoms with Crippen molar-refractivity contribution in [1.82, 2.24) is 4.90 Å². The van der Waals surface area contributed by atoms with Crippen LogP contribution in [0.15, 0.2) is 24.3 Å². The number of aliphatic hydroxyl groups is 1. The maximum atomic E-state index is 12.3. The molecule has 0 radical (unpaired) electrons. The third-order valence-electron chi connectivity index (χ3n) is 3.67. The molecule has 4 nitrogen and oxygen atoms in total. The van der Waals surface area contributed by atoms with Crippen molar-refractivity contribution in [3.63, 3.8) is 0 Å². The van der Waals surface area contributed by atoms with E-state index in [0.717, 1.165) is 30.6 Å². The number of carbonyl (C=O) groups excluding carboxylic acids is 1. The summed E-state index contributed by atoms with van der Waals surface area (Å²) in [5, 5.41) is 12.2. The molecule has 2 amide bonds. The van der Waals surface area contributed by atoms with Gasteiger partial charge in [0.15, 0.2) is 0 Å². The first kappa shape index (κ1) is 13.9. The van der Waals surface area contributed by atoms with Gasteiger partial charge in [-0.05, 0) is 30.4 Å². The van der Waals surface area contributed by atoms with Crippen molar-refractivity contribution in [3.05, 3.63) is 29.8 Å². The van der Waals surface area contributed by atoms with Gasteiger partial charge in [-0.1, -0.05) is 32.0 Å². The molecule has 0 aromatic heterocycles. The van der Waals surface area contributed by atoms with E-state index in [1.54, 1.807) is 4.90 Å². The summed E-state index contributed by atoms with van der Waals surface area (Å²) in [7, 11) is 0. The number of nitrogens with one attached hydrogen (secondary N) is 1. The van der Waals surface area contributed by atoms with E-state index < -0.39 is 0 Å². The van der Waals surface area contributed by atoms with Crippen molar-refractivity contribution in [2.24, 2.45) is 0 Å². The monoisotopic (exact) mass is 262 g/mol. The molecular weight excluding hydrogens is 240 g/mol. The van der Waals surface area contributed by atoms with E-state index >= 15 is 0 Å². The van der Waals surface area contributed by atoms with E-state index in [4.69, 9.17) is 0 Å². The Morgan fingerprint density at radius 3 is 2.89 bits per heavy atom. The molecule has 1 aliphatic heterocycles. The van der Waals surface area contributed by atoms with Gasteiger partial charge in [0.25, 0.3) is 0 Å². The van der Waals surface area contributed by atoms with Crippen LogP contribution in [0.1, 0.15) is 38.2 Å². The van der Waals surface area contributed by atoms with Gasteiger partial charge in [0, 0.05) is 12.2 Å². The van der Waals surface area contributed by atoms with E-state index in [1.807, 2.05) is 24.3 Å². The summed E-state index contributed by atoms with van der Waals surface area (Å²) < 4.78 is 0. The Balaban J connectivity index is 2.11. The van der Waals surface area contributed by atoms with Crippen molar-refractivity contribution < 1.29 is 9.90 Å². The number of para-hydroxylation sites is 1. The maximum absolute atomic E-state index is 12.3. The van der Waals surface area contributed by atoms with Gasteiger partial charge in [-0.15, -0.1) is 0 Å². The number of rotatable bonds is 3. The molecule has 0 saturated carbocycles. The second-order valence-electron chi connectivity index (χ2n) is 5.34. The SMILES string of the molecule is CC(C)c1ccccc1NC(=O)N1CCC[C@@H]1CO. The minimum absolute atomic E-state index is 0.0359. The van der Waals surface area contributed by atoms with Crippen LogP contribution in [0.3, 0.4) is 0 Å². The second kappa shape index (κ2) is 6.06. The summed E-state index contributed by atoms with van der Waals surface area (Å²) in [4.78, 5) is 14.0. The highest BCUT2D eigenvalue weighted by molar-refractivity contribution is 5.90. The normalized spacial score (nSPS) is 18.9. The van der Waals surface area contributed by atoms with E-state index in [1.165, 1.54) is 0 Å². The molecule has 0 unspecified atom stereocenters. The number of likely N-dealkylation sites (tertiary alicyclic amines) is 1. The number of urea groups is 1. The van der Waals surface area contributed by atoms with Crippen LogP contribution < -0.4 is 5.32 Å². The topological polar surface area (TPSA) is 52.6 Å². The van der Waals surface area contributed by atoms with Crippen LogP contribution in [0.25, 0.3) is 0 Å². The van der Waals surface area contributed by atoms with Crippen LogP contribution in [0.2, 0.25) is 0 Å². The standard InChI is InChI=1S/C15H22N2O2/c1-11(2)13-7-3-4-8-14(13)16-15(19)17-9-5-6-12(17)10-18/h3-4,7-8,11-12,18H,5-6,9-10H2,1-2H3,(H,16,19)/t12-/m1/s1. The highest BCUT2D eigenvalue weighted by Crippen LogP contribution is 2.25. The summed E-state index contributed by atoms with van der Waals surface area (Å²) >= 11 is 0. The summed E-state index contributed by atoms with van der Waals surface area (Å²) in [5.74, 6) is 0.365. The lowest BCUT2D eigenvalue weighted by Gasteiger charge is -2.24. The lowest BCUT2D eigenvalue weighted by atomic mass is 10.0. The third kappa shape index (κ3) is 3.07. The summed E-state index contributed by atoms with van der Waals surface area (Å²) in [6.45, 7) is 4.98. The average Bonchev–Trinajstić information content (AvgIpc) is 2.87. The molecule has 1 heterocycles. The second-order valence-corrected chi connectivity index (χ2v) is 5.34. The molecule has 0 spiro atoms. The van der Waals surface area contributed by atoms with E-state index in [9.17, 15) is 9.90 Å². The van der Waals surface area contributed by atoms with Gasteiger partial charge in [0.05, 0.1) is 12.6 Å². The number of hydrogen-bond acceptors (Lipinski definition) is 2. The Bertz CT molecular complexity index is 446. The summed E-state index contributed by atoms with van der Waals surface area (Å²) in [6, 6.07) is 7.73. The Kier molecular flexibility index (Phi) is 4.43. The number of anilines is 1. The first-order chi connectivity index (χ1) is 9.13. The highest BCUT2D eigenvalue weighted by atomic mass is 16.3. The zero-order valence-corrected chi connectivity index (χ0v) is 11.6. The number of aliphatic hydroxyl groups excluding tert-OH is 1. The van der Waals surface area contributed by atoms with Crippen LogP contribution >= 0.6 is 0 Å². The van der Waals surface area contributed by atoms with Crippen molar-refractivity contribution in [3.8, 4) is 0 Å². The maximum Gasteiger partial charge on any atom is 0.322 e. The molecule has 1 fully saturated rings.